The highest BCUT2D eigenvalue weighted by atomic mass is 15.2. The number of aromatic nitrogens is 1. The van der Waals surface area contributed by atoms with E-state index in [0.717, 1.165) is 0 Å². The molecule has 0 fully saturated rings. The average Bonchev–Trinajstić information content (AvgIpc) is 1.91. The van der Waals surface area contributed by atoms with Gasteiger partial charge in [-0.1, -0.05) is 6.07 Å². The quantitative estimate of drug-likeness (QED) is 0.316. The highest BCUT2D eigenvalue weighted by Gasteiger charge is 1.81. The molecular formula is C5H3N4. The second-order valence-corrected chi connectivity index (χ2v) is 1.31. The third kappa shape index (κ3) is 1.44. The Balaban J connectivity index is 2.97. The molecule has 43 valence electrons. The van der Waals surface area contributed by atoms with Gasteiger partial charge in [0.15, 0.2) is 0 Å². The van der Waals surface area contributed by atoms with Gasteiger partial charge in [0, 0.05) is 4.91 Å². The Bertz CT molecular complexity index is 224. The normalized spacial score (nSPS) is 8.00. The lowest BCUT2D eigenvalue weighted by atomic mass is 10.5. The summed E-state index contributed by atoms with van der Waals surface area (Å²) in [6.45, 7) is 0. The third-order valence-corrected chi connectivity index (χ3v) is 0.742. The van der Waals surface area contributed by atoms with Crippen LogP contribution in [0.25, 0.3) is 10.4 Å². The van der Waals surface area contributed by atoms with E-state index in [9.17, 15) is 0 Å². The summed E-state index contributed by atoms with van der Waals surface area (Å²) < 4.78 is 0. The number of hydrogen-bond donors (Lipinski definition) is 0. The Kier molecular flexibility index (Phi) is 1.67. The lowest BCUT2D eigenvalue weighted by Crippen LogP contribution is -1.67. The van der Waals surface area contributed by atoms with E-state index in [-0.39, 0.29) is 0 Å². The molecule has 1 rings (SSSR count). The topological polar surface area (TPSA) is 61.7 Å². The zero-order valence-corrected chi connectivity index (χ0v) is 4.52. The molecule has 9 heavy (non-hydrogen) atoms. The maximum atomic E-state index is 7.92. The van der Waals surface area contributed by atoms with Crippen molar-refractivity contribution in [2.45, 2.75) is 0 Å². The SMILES string of the molecule is [N-]=[N+]=Nc1ccc[c]n1. The van der Waals surface area contributed by atoms with Gasteiger partial charge >= 0.3 is 0 Å². The molecule has 0 bridgehead atoms. The number of pyridine rings is 1. The predicted octanol–water partition coefficient (Wildman–Crippen LogP) is 1.82. The van der Waals surface area contributed by atoms with Crippen molar-refractivity contribution >= 4 is 5.82 Å². The molecule has 1 radical (unpaired) electrons. The molecule has 0 amide bonds. The summed E-state index contributed by atoms with van der Waals surface area (Å²) in [7, 11) is 0. The number of hydrogen-bond acceptors (Lipinski definition) is 2. The van der Waals surface area contributed by atoms with Crippen molar-refractivity contribution in [2.24, 2.45) is 5.11 Å². The molecule has 1 aromatic rings. The van der Waals surface area contributed by atoms with E-state index >= 15 is 0 Å². The standard InChI is InChI=1S/C5H3N4/c6-9-8-5-3-1-2-4-7-5/h1-3H. The molecule has 4 heteroatoms. The fraction of sp³-hybridized carbons (Fsp3) is 0. The van der Waals surface area contributed by atoms with E-state index in [2.05, 4.69) is 21.2 Å². The lowest BCUT2D eigenvalue weighted by molar-refractivity contribution is 1.25. The minimum atomic E-state index is 0.347. The Morgan fingerprint density at radius 1 is 1.78 bits per heavy atom. The zero-order valence-electron chi connectivity index (χ0n) is 4.52. The Morgan fingerprint density at radius 2 is 2.67 bits per heavy atom. The summed E-state index contributed by atoms with van der Waals surface area (Å²) in [5.41, 5.74) is 7.92. The first kappa shape index (κ1) is 5.59. The van der Waals surface area contributed by atoms with Gasteiger partial charge in [0.2, 0.25) is 0 Å². The second kappa shape index (κ2) is 2.69. The maximum Gasteiger partial charge on any atom is 0.127 e. The van der Waals surface area contributed by atoms with Crippen LogP contribution in [-0.2, 0) is 0 Å². The molecule has 1 heterocycles. The van der Waals surface area contributed by atoms with Crippen LogP contribution in [0.1, 0.15) is 0 Å². The van der Waals surface area contributed by atoms with Gasteiger partial charge in [0.1, 0.15) is 5.82 Å². The molecule has 0 aliphatic heterocycles. The maximum absolute atomic E-state index is 7.92. The van der Waals surface area contributed by atoms with Crippen LogP contribution < -0.4 is 0 Å². The molecule has 1 aromatic heterocycles. The van der Waals surface area contributed by atoms with Gasteiger partial charge in [-0.15, -0.1) is 0 Å². The summed E-state index contributed by atoms with van der Waals surface area (Å²) in [5.74, 6) is 0.347. The summed E-state index contributed by atoms with van der Waals surface area (Å²) in [5, 5.41) is 3.24. The van der Waals surface area contributed by atoms with Crippen LogP contribution in [0, 0.1) is 6.20 Å². The molecule has 0 aliphatic rings. The highest BCUT2D eigenvalue weighted by molar-refractivity contribution is 5.23. The average molecular weight is 119 g/mol. The summed E-state index contributed by atoms with van der Waals surface area (Å²) in [4.78, 5) is 6.17. The smallest absolute Gasteiger partial charge is 0.127 e. The Labute approximate surface area is 51.8 Å². The lowest BCUT2D eigenvalue weighted by Gasteiger charge is -1.82. The number of nitrogens with zero attached hydrogens (tertiary/aromatic N) is 4. The molecular weight excluding hydrogens is 116 g/mol. The van der Waals surface area contributed by atoms with Crippen molar-refractivity contribution in [3.8, 4) is 0 Å². The van der Waals surface area contributed by atoms with Crippen LogP contribution >= 0.6 is 0 Å². The third-order valence-electron chi connectivity index (χ3n) is 0.742. The van der Waals surface area contributed by atoms with Gasteiger partial charge in [-0.3, -0.25) is 0 Å². The van der Waals surface area contributed by atoms with E-state index < -0.39 is 0 Å². The van der Waals surface area contributed by atoms with Crippen LogP contribution in [0.3, 0.4) is 0 Å². The van der Waals surface area contributed by atoms with Crippen molar-refractivity contribution in [2.75, 3.05) is 0 Å². The van der Waals surface area contributed by atoms with Gasteiger partial charge in [-0.2, -0.15) is 0 Å². The highest BCUT2D eigenvalue weighted by Crippen LogP contribution is 2.02. The van der Waals surface area contributed by atoms with Crippen molar-refractivity contribution in [1.82, 2.24) is 4.98 Å². The molecule has 0 aromatic carbocycles. The Morgan fingerprint density at radius 3 is 3.22 bits per heavy atom. The molecule has 0 atom stereocenters. The molecule has 0 N–H and O–H groups in total. The Hall–Kier alpha value is -1.54. The van der Waals surface area contributed by atoms with E-state index in [1.807, 2.05) is 0 Å². The second-order valence-electron chi connectivity index (χ2n) is 1.31. The van der Waals surface area contributed by atoms with Crippen LogP contribution in [-0.4, -0.2) is 4.98 Å². The van der Waals surface area contributed by atoms with Crippen molar-refractivity contribution in [3.05, 3.63) is 34.8 Å². The van der Waals surface area contributed by atoms with E-state index in [1.165, 1.54) is 0 Å². The predicted molar refractivity (Wildman–Crippen MR) is 31.9 cm³/mol. The van der Waals surface area contributed by atoms with Gasteiger partial charge in [-0.05, 0) is 22.8 Å². The van der Waals surface area contributed by atoms with E-state index in [1.54, 1.807) is 18.2 Å². The fourth-order valence-electron chi connectivity index (χ4n) is 0.419. The monoisotopic (exact) mass is 119 g/mol. The van der Waals surface area contributed by atoms with Crippen molar-refractivity contribution in [3.63, 3.8) is 0 Å². The van der Waals surface area contributed by atoms with Crippen LogP contribution in [0.15, 0.2) is 23.3 Å². The van der Waals surface area contributed by atoms with Gasteiger partial charge in [0.05, 0.1) is 6.20 Å². The first-order chi connectivity index (χ1) is 4.43. The van der Waals surface area contributed by atoms with Crippen molar-refractivity contribution < 1.29 is 0 Å². The largest absolute Gasteiger partial charge is 0.244 e. The molecule has 4 nitrogen and oxygen atoms in total. The van der Waals surface area contributed by atoms with Crippen molar-refractivity contribution in [1.29, 1.82) is 0 Å². The first-order valence-corrected chi connectivity index (χ1v) is 2.31. The van der Waals surface area contributed by atoms with Gasteiger partial charge < -0.3 is 0 Å². The molecule has 0 unspecified atom stereocenters. The zero-order chi connectivity index (χ0) is 6.53. The molecule has 0 saturated heterocycles. The number of azide groups is 1. The fourth-order valence-corrected chi connectivity index (χ4v) is 0.419. The molecule has 0 saturated carbocycles. The summed E-state index contributed by atoms with van der Waals surface area (Å²) in [6.07, 6.45) is 2.53. The minimum Gasteiger partial charge on any atom is -0.244 e. The van der Waals surface area contributed by atoms with E-state index in [0.29, 0.717) is 5.82 Å². The first-order valence-electron chi connectivity index (χ1n) is 2.31. The van der Waals surface area contributed by atoms with E-state index in [4.69, 9.17) is 5.53 Å². The summed E-state index contributed by atoms with van der Waals surface area (Å²) in [6, 6.07) is 4.95. The van der Waals surface area contributed by atoms with Crippen LogP contribution in [0.2, 0.25) is 0 Å². The summed E-state index contributed by atoms with van der Waals surface area (Å²) >= 11 is 0. The molecule has 0 aliphatic carbocycles. The van der Waals surface area contributed by atoms with Gasteiger partial charge in [0.25, 0.3) is 0 Å². The van der Waals surface area contributed by atoms with Crippen LogP contribution in [0.4, 0.5) is 5.82 Å². The van der Waals surface area contributed by atoms with Crippen LogP contribution in [0.5, 0.6) is 0 Å². The number of rotatable bonds is 1. The molecule has 0 spiro atoms. The minimum absolute atomic E-state index is 0.347. The van der Waals surface area contributed by atoms with Gasteiger partial charge in [-0.25, -0.2) is 4.98 Å².